The number of benzene rings is 1. The molecule has 4 aromatic rings. The van der Waals surface area contributed by atoms with Crippen molar-refractivity contribution in [3.63, 3.8) is 0 Å². The van der Waals surface area contributed by atoms with Gasteiger partial charge in [0.15, 0.2) is 5.82 Å². The third-order valence-electron chi connectivity index (χ3n) is 3.58. The van der Waals surface area contributed by atoms with E-state index in [1.807, 2.05) is 41.2 Å². The van der Waals surface area contributed by atoms with Crippen LogP contribution < -0.4 is 5.32 Å². The molecule has 0 atom stereocenters. The molecule has 0 aliphatic heterocycles. The average molecular weight is 331 g/mol. The van der Waals surface area contributed by atoms with Gasteiger partial charge in [-0.05, 0) is 36.4 Å². The summed E-state index contributed by atoms with van der Waals surface area (Å²) >= 11 is 0. The minimum atomic E-state index is -0.248. The first-order chi connectivity index (χ1) is 12.3. The van der Waals surface area contributed by atoms with Crippen LogP contribution in [0.3, 0.4) is 0 Å². The van der Waals surface area contributed by atoms with Gasteiger partial charge in [0.1, 0.15) is 24.8 Å². The summed E-state index contributed by atoms with van der Waals surface area (Å²) < 4.78 is 3.46. The molecule has 8 nitrogen and oxygen atoms in total. The summed E-state index contributed by atoms with van der Waals surface area (Å²) in [5.41, 5.74) is 1.52. The Balaban J connectivity index is 1.51. The van der Waals surface area contributed by atoms with Crippen LogP contribution in [0.5, 0.6) is 0 Å². The molecule has 0 unspecified atom stereocenters. The van der Waals surface area contributed by atoms with Crippen LogP contribution in [0.1, 0.15) is 10.4 Å². The molecule has 0 saturated heterocycles. The lowest BCUT2D eigenvalue weighted by Crippen LogP contribution is -2.13. The largest absolute Gasteiger partial charge is 0.324 e. The van der Waals surface area contributed by atoms with Gasteiger partial charge in [0.25, 0.3) is 5.91 Å². The maximum atomic E-state index is 12.4. The number of carbonyl (C=O) groups excluding carboxylic acids is 1. The molecule has 3 aromatic heterocycles. The summed E-state index contributed by atoms with van der Waals surface area (Å²) in [7, 11) is 0. The highest BCUT2D eigenvalue weighted by atomic mass is 16.1. The SMILES string of the molecule is O=C(Nc1cc(-n2cncn2)ncn1)c1ccc(-n2cccc2)cc1. The number of carbonyl (C=O) groups is 1. The molecule has 0 fully saturated rings. The third-order valence-corrected chi connectivity index (χ3v) is 3.58. The summed E-state index contributed by atoms with van der Waals surface area (Å²) in [6.45, 7) is 0. The van der Waals surface area contributed by atoms with Gasteiger partial charge in [0, 0.05) is 29.7 Å². The molecule has 8 heteroatoms. The predicted octanol–water partition coefficient (Wildman–Crippen LogP) is 2.10. The molecule has 122 valence electrons. The Labute approximate surface area is 142 Å². The maximum absolute atomic E-state index is 12.4. The maximum Gasteiger partial charge on any atom is 0.256 e. The molecule has 0 spiro atoms. The summed E-state index contributed by atoms with van der Waals surface area (Å²) in [4.78, 5) is 24.4. The van der Waals surface area contributed by atoms with Crippen LogP contribution in [0.4, 0.5) is 5.82 Å². The molecule has 0 aliphatic rings. The molecule has 1 aromatic carbocycles. The monoisotopic (exact) mass is 331 g/mol. The molecular weight excluding hydrogens is 318 g/mol. The fourth-order valence-corrected chi connectivity index (χ4v) is 2.35. The highest BCUT2D eigenvalue weighted by Gasteiger charge is 2.09. The minimum Gasteiger partial charge on any atom is -0.324 e. The van der Waals surface area contributed by atoms with Crippen LogP contribution in [0, 0.1) is 0 Å². The van der Waals surface area contributed by atoms with Crippen LogP contribution in [0.2, 0.25) is 0 Å². The van der Waals surface area contributed by atoms with E-state index in [-0.39, 0.29) is 5.91 Å². The van der Waals surface area contributed by atoms with E-state index in [4.69, 9.17) is 0 Å². The molecule has 3 heterocycles. The summed E-state index contributed by atoms with van der Waals surface area (Å²) in [6, 6.07) is 12.8. The number of nitrogens with zero attached hydrogens (tertiary/aromatic N) is 6. The second kappa shape index (κ2) is 6.36. The lowest BCUT2D eigenvalue weighted by molar-refractivity contribution is 0.102. The van der Waals surface area contributed by atoms with Crippen molar-refractivity contribution in [3.8, 4) is 11.5 Å². The zero-order chi connectivity index (χ0) is 17.1. The summed E-state index contributed by atoms with van der Waals surface area (Å²) in [5, 5.41) is 6.76. The van der Waals surface area contributed by atoms with Crippen molar-refractivity contribution in [3.05, 3.63) is 79.4 Å². The van der Waals surface area contributed by atoms with Gasteiger partial charge in [-0.3, -0.25) is 4.79 Å². The smallest absolute Gasteiger partial charge is 0.256 e. The Bertz CT molecular complexity index is 976. The van der Waals surface area contributed by atoms with Crippen molar-refractivity contribution in [2.45, 2.75) is 0 Å². The third kappa shape index (κ3) is 3.13. The Morgan fingerprint density at radius 1 is 1.00 bits per heavy atom. The summed E-state index contributed by atoms with van der Waals surface area (Å²) in [5.74, 6) is 0.660. The normalized spacial score (nSPS) is 10.6. The van der Waals surface area contributed by atoms with Crippen LogP contribution in [-0.2, 0) is 0 Å². The molecule has 1 N–H and O–H groups in total. The van der Waals surface area contributed by atoms with Gasteiger partial charge in [0.05, 0.1) is 0 Å². The lowest BCUT2D eigenvalue weighted by Gasteiger charge is -2.07. The minimum absolute atomic E-state index is 0.248. The van der Waals surface area contributed by atoms with Crippen molar-refractivity contribution in [1.29, 1.82) is 0 Å². The number of nitrogens with one attached hydrogen (secondary N) is 1. The van der Waals surface area contributed by atoms with E-state index in [9.17, 15) is 4.79 Å². The Kier molecular flexibility index (Phi) is 3.76. The second-order valence-corrected chi connectivity index (χ2v) is 5.19. The van der Waals surface area contributed by atoms with Gasteiger partial charge in [-0.25, -0.2) is 19.6 Å². The zero-order valence-electron chi connectivity index (χ0n) is 13.0. The topological polar surface area (TPSA) is 90.5 Å². The van der Waals surface area contributed by atoms with Crippen molar-refractivity contribution >= 4 is 11.7 Å². The first kappa shape index (κ1) is 14.8. The van der Waals surface area contributed by atoms with Gasteiger partial charge in [-0.2, -0.15) is 5.10 Å². The molecule has 0 aliphatic carbocycles. The van der Waals surface area contributed by atoms with Crippen LogP contribution in [0.15, 0.2) is 73.8 Å². The quantitative estimate of drug-likeness (QED) is 0.618. The first-order valence-electron chi connectivity index (χ1n) is 7.51. The molecule has 0 saturated carbocycles. The van der Waals surface area contributed by atoms with E-state index in [1.165, 1.54) is 23.7 Å². The van der Waals surface area contributed by atoms with Crippen LogP contribution >= 0.6 is 0 Å². The molecule has 0 bridgehead atoms. The lowest BCUT2D eigenvalue weighted by atomic mass is 10.2. The van der Waals surface area contributed by atoms with E-state index >= 15 is 0 Å². The Hall–Kier alpha value is -3.81. The summed E-state index contributed by atoms with van der Waals surface area (Å²) in [6.07, 6.45) is 8.19. The zero-order valence-corrected chi connectivity index (χ0v) is 13.0. The highest BCUT2D eigenvalue weighted by Crippen LogP contribution is 2.13. The number of rotatable bonds is 4. The van der Waals surface area contributed by atoms with Crippen molar-refractivity contribution in [1.82, 2.24) is 29.3 Å². The molecule has 0 radical (unpaired) electrons. The Morgan fingerprint density at radius 2 is 1.80 bits per heavy atom. The number of anilines is 1. The molecule has 1 amide bonds. The fourth-order valence-electron chi connectivity index (χ4n) is 2.35. The van der Waals surface area contributed by atoms with Crippen LogP contribution in [0.25, 0.3) is 11.5 Å². The molecule has 4 rings (SSSR count). The fraction of sp³-hybridized carbons (Fsp3) is 0. The highest BCUT2D eigenvalue weighted by molar-refractivity contribution is 6.03. The average Bonchev–Trinajstić information content (AvgIpc) is 3.36. The van der Waals surface area contributed by atoms with Crippen molar-refractivity contribution < 1.29 is 4.79 Å². The van der Waals surface area contributed by atoms with E-state index in [0.29, 0.717) is 17.2 Å². The van der Waals surface area contributed by atoms with Gasteiger partial charge in [-0.1, -0.05) is 0 Å². The standard InChI is InChI=1S/C17H13N7O/c25-17(13-3-5-14(6-4-13)23-7-1-2-8-23)22-15-9-16(20-11-19-15)24-12-18-10-21-24/h1-12H,(H,19,20,22,25). The number of hydrogen-bond acceptors (Lipinski definition) is 5. The Morgan fingerprint density at radius 3 is 2.52 bits per heavy atom. The number of aromatic nitrogens is 6. The molecular formula is C17H13N7O. The van der Waals surface area contributed by atoms with Gasteiger partial charge in [0.2, 0.25) is 0 Å². The van der Waals surface area contributed by atoms with E-state index < -0.39 is 0 Å². The van der Waals surface area contributed by atoms with E-state index in [1.54, 1.807) is 18.2 Å². The number of amides is 1. The van der Waals surface area contributed by atoms with Gasteiger partial charge >= 0.3 is 0 Å². The number of hydrogen-bond donors (Lipinski definition) is 1. The first-order valence-corrected chi connectivity index (χ1v) is 7.51. The van der Waals surface area contributed by atoms with Gasteiger partial charge in [-0.15, -0.1) is 0 Å². The van der Waals surface area contributed by atoms with Gasteiger partial charge < -0.3 is 9.88 Å². The van der Waals surface area contributed by atoms with Crippen molar-refractivity contribution in [2.75, 3.05) is 5.32 Å². The second-order valence-electron chi connectivity index (χ2n) is 5.19. The van der Waals surface area contributed by atoms with E-state index in [2.05, 4.69) is 25.4 Å². The van der Waals surface area contributed by atoms with Crippen LogP contribution in [-0.4, -0.2) is 35.2 Å². The van der Waals surface area contributed by atoms with Crippen molar-refractivity contribution in [2.24, 2.45) is 0 Å². The molecule has 25 heavy (non-hydrogen) atoms. The van der Waals surface area contributed by atoms with E-state index in [0.717, 1.165) is 5.69 Å². The predicted molar refractivity (Wildman–Crippen MR) is 90.7 cm³/mol.